The second kappa shape index (κ2) is 7.82. The van der Waals surface area contributed by atoms with E-state index in [0.29, 0.717) is 16.5 Å². The van der Waals surface area contributed by atoms with Gasteiger partial charge in [-0.25, -0.2) is 13.1 Å². The van der Waals surface area contributed by atoms with Crippen molar-refractivity contribution in [1.82, 2.24) is 4.72 Å². The number of benzene rings is 1. The SMILES string of the molecule is CC[C@@H]1CCc2sc(C(=O)Nc3ccc(S(=O)(=O)NC(C)=O)cc3)cc2C1. The number of carbonyl (C=O) groups excluding carboxylic acids is 2. The molecule has 144 valence electrons. The number of nitrogens with one attached hydrogen (secondary N) is 2. The highest BCUT2D eigenvalue weighted by Gasteiger charge is 2.22. The minimum Gasteiger partial charge on any atom is -0.321 e. The van der Waals surface area contributed by atoms with E-state index in [1.54, 1.807) is 0 Å². The molecule has 1 heterocycles. The summed E-state index contributed by atoms with van der Waals surface area (Å²) in [6, 6.07) is 7.70. The van der Waals surface area contributed by atoms with Gasteiger partial charge in [-0.1, -0.05) is 13.3 Å². The van der Waals surface area contributed by atoms with Gasteiger partial charge in [-0.2, -0.15) is 0 Å². The zero-order chi connectivity index (χ0) is 19.6. The molecule has 0 spiro atoms. The highest BCUT2D eigenvalue weighted by molar-refractivity contribution is 7.90. The smallest absolute Gasteiger partial charge is 0.265 e. The summed E-state index contributed by atoms with van der Waals surface area (Å²) >= 11 is 1.53. The normalized spacial score (nSPS) is 16.4. The van der Waals surface area contributed by atoms with E-state index in [2.05, 4.69) is 12.2 Å². The standard InChI is InChI=1S/C19H22N2O4S2/c1-3-13-4-9-17-14(10-13)11-18(26-17)19(23)20-15-5-7-16(8-6-15)27(24,25)21-12(2)22/h5-8,11,13H,3-4,9-10H2,1-2H3,(H,20,23)(H,21,22)/t13-/m1/s1. The van der Waals surface area contributed by atoms with E-state index in [-0.39, 0.29) is 10.8 Å². The molecule has 1 aliphatic carbocycles. The van der Waals surface area contributed by atoms with Crippen molar-refractivity contribution >= 4 is 38.9 Å². The van der Waals surface area contributed by atoms with Crippen LogP contribution in [0.4, 0.5) is 5.69 Å². The lowest BCUT2D eigenvalue weighted by Gasteiger charge is -2.19. The Hall–Kier alpha value is -2.19. The molecule has 1 aromatic carbocycles. The van der Waals surface area contributed by atoms with Crippen LogP contribution in [0.3, 0.4) is 0 Å². The maximum atomic E-state index is 12.5. The molecule has 1 aromatic heterocycles. The number of sulfonamides is 1. The van der Waals surface area contributed by atoms with E-state index >= 15 is 0 Å². The van der Waals surface area contributed by atoms with Crippen LogP contribution in [0.5, 0.6) is 0 Å². The van der Waals surface area contributed by atoms with Crippen molar-refractivity contribution in [2.24, 2.45) is 5.92 Å². The Morgan fingerprint density at radius 1 is 1.22 bits per heavy atom. The van der Waals surface area contributed by atoms with Crippen LogP contribution >= 0.6 is 11.3 Å². The molecule has 2 amide bonds. The van der Waals surface area contributed by atoms with Gasteiger partial charge in [-0.3, -0.25) is 9.59 Å². The number of amides is 2. The quantitative estimate of drug-likeness (QED) is 0.796. The molecular weight excluding hydrogens is 384 g/mol. The summed E-state index contributed by atoms with van der Waals surface area (Å²) < 4.78 is 25.8. The molecule has 3 rings (SSSR count). The minimum atomic E-state index is -3.88. The van der Waals surface area contributed by atoms with E-state index in [0.717, 1.165) is 26.2 Å². The first-order valence-electron chi connectivity index (χ1n) is 8.85. The minimum absolute atomic E-state index is 0.0344. The molecule has 0 bridgehead atoms. The number of fused-ring (bicyclic) bond motifs is 1. The van der Waals surface area contributed by atoms with E-state index in [1.807, 2.05) is 10.8 Å². The molecule has 0 saturated carbocycles. The third-order valence-electron chi connectivity index (χ3n) is 4.69. The Bertz CT molecular complexity index is 962. The van der Waals surface area contributed by atoms with E-state index in [9.17, 15) is 18.0 Å². The highest BCUT2D eigenvalue weighted by atomic mass is 32.2. The molecule has 27 heavy (non-hydrogen) atoms. The van der Waals surface area contributed by atoms with Gasteiger partial charge in [0.2, 0.25) is 5.91 Å². The van der Waals surface area contributed by atoms with Crippen LogP contribution in [0, 0.1) is 5.92 Å². The van der Waals surface area contributed by atoms with Gasteiger partial charge in [0.1, 0.15) is 0 Å². The fraction of sp³-hybridized carbons (Fsp3) is 0.368. The fourth-order valence-electron chi connectivity index (χ4n) is 3.22. The summed E-state index contributed by atoms with van der Waals surface area (Å²) in [5.74, 6) is -0.152. The predicted octanol–water partition coefficient (Wildman–Crippen LogP) is 3.34. The van der Waals surface area contributed by atoms with E-state index < -0.39 is 15.9 Å². The molecule has 0 radical (unpaired) electrons. The van der Waals surface area contributed by atoms with Crippen LogP contribution in [0.15, 0.2) is 35.2 Å². The molecule has 8 heteroatoms. The maximum absolute atomic E-state index is 12.5. The van der Waals surface area contributed by atoms with Crippen molar-refractivity contribution in [3.05, 3.63) is 45.6 Å². The number of hydrogen-bond donors (Lipinski definition) is 2. The van der Waals surface area contributed by atoms with Gasteiger partial charge in [-0.05, 0) is 61.1 Å². The van der Waals surface area contributed by atoms with Gasteiger partial charge in [0.05, 0.1) is 9.77 Å². The number of hydrogen-bond acceptors (Lipinski definition) is 5. The Morgan fingerprint density at radius 2 is 1.93 bits per heavy atom. The lowest BCUT2D eigenvalue weighted by atomic mass is 9.87. The van der Waals surface area contributed by atoms with E-state index in [1.165, 1.54) is 52.5 Å². The van der Waals surface area contributed by atoms with Crippen LogP contribution in [-0.2, 0) is 27.7 Å². The molecule has 0 fully saturated rings. The zero-order valence-electron chi connectivity index (χ0n) is 15.2. The molecule has 6 nitrogen and oxygen atoms in total. The monoisotopic (exact) mass is 406 g/mol. The molecule has 2 aromatic rings. The molecule has 1 aliphatic rings. The van der Waals surface area contributed by atoms with Gasteiger partial charge in [0.25, 0.3) is 15.9 Å². The molecule has 0 unspecified atom stereocenters. The van der Waals surface area contributed by atoms with Crippen molar-refractivity contribution in [3.8, 4) is 0 Å². The Morgan fingerprint density at radius 3 is 2.56 bits per heavy atom. The first-order chi connectivity index (χ1) is 12.8. The summed E-state index contributed by atoms with van der Waals surface area (Å²) in [5.41, 5.74) is 1.78. The van der Waals surface area contributed by atoms with Crippen LogP contribution < -0.4 is 10.0 Å². The zero-order valence-corrected chi connectivity index (χ0v) is 16.9. The van der Waals surface area contributed by atoms with Crippen molar-refractivity contribution < 1.29 is 18.0 Å². The second-order valence-electron chi connectivity index (χ2n) is 6.72. The molecular formula is C19H22N2O4S2. The largest absolute Gasteiger partial charge is 0.321 e. The van der Waals surface area contributed by atoms with Crippen molar-refractivity contribution in [2.75, 3.05) is 5.32 Å². The van der Waals surface area contributed by atoms with Crippen molar-refractivity contribution in [1.29, 1.82) is 0 Å². The molecule has 0 saturated heterocycles. The van der Waals surface area contributed by atoms with E-state index in [4.69, 9.17) is 0 Å². The molecule has 0 aliphatic heterocycles. The number of aryl methyl sites for hydroxylation is 1. The Balaban J connectivity index is 1.70. The predicted molar refractivity (Wildman–Crippen MR) is 106 cm³/mol. The van der Waals surface area contributed by atoms with Crippen molar-refractivity contribution in [3.63, 3.8) is 0 Å². The average Bonchev–Trinajstić information content (AvgIpc) is 3.04. The number of anilines is 1. The number of rotatable bonds is 5. The second-order valence-corrected chi connectivity index (χ2v) is 9.54. The van der Waals surface area contributed by atoms with Gasteiger partial charge in [-0.15, -0.1) is 11.3 Å². The summed E-state index contributed by atoms with van der Waals surface area (Å²) in [4.78, 5) is 25.4. The third kappa shape index (κ3) is 4.56. The van der Waals surface area contributed by atoms with Gasteiger partial charge >= 0.3 is 0 Å². The highest BCUT2D eigenvalue weighted by Crippen LogP contribution is 2.33. The molecule has 1 atom stereocenters. The summed E-state index contributed by atoms with van der Waals surface area (Å²) in [5, 5.41) is 2.80. The van der Waals surface area contributed by atoms with Crippen LogP contribution in [0.2, 0.25) is 0 Å². The first-order valence-corrected chi connectivity index (χ1v) is 11.1. The first kappa shape index (κ1) is 19.6. The van der Waals surface area contributed by atoms with Crippen LogP contribution in [0.25, 0.3) is 0 Å². The van der Waals surface area contributed by atoms with Crippen LogP contribution in [0.1, 0.15) is 46.8 Å². The third-order valence-corrected chi connectivity index (χ3v) is 7.37. The molecule has 2 N–H and O–H groups in total. The fourth-order valence-corrected chi connectivity index (χ4v) is 5.31. The lowest BCUT2D eigenvalue weighted by molar-refractivity contribution is -0.117. The Kier molecular flexibility index (Phi) is 5.67. The van der Waals surface area contributed by atoms with Gasteiger partial charge in [0.15, 0.2) is 0 Å². The summed E-state index contributed by atoms with van der Waals surface area (Å²) in [6.07, 6.45) is 4.40. The van der Waals surface area contributed by atoms with Gasteiger partial charge in [0, 0.05) is 17.5 Å². The maximum Gasteiger partial charge on any atom is 0.265 e. The van der Waals surface area contributed by atoms with Gasteiger partial charge < -0.3 is 5.32 Å². The number of carbonyl (C=O) groups is 2. The number of thiophene rings is 1. The van der Waals surface area contributed by atoms with Crippen molar-refractivity contribution in [2.45, 2.75) is 44.4 Å². The lowest BCUT2D eigenvalue weighted by Crippen LogP contribution is -2.28. The summed E-state index contributed by atoms with van der Waals surface area (Å²) in [6.45, 7) is 3.33. The summed E-state index contributed by atoms with van der Waals surface area (Å²) in [7, 11) is -3.88. The Labute approximate surface area is 163 Å². The topological polar surface area (TPSA) is 92.3 Å². The average molecular weight is 407 g/mol. The van der Waals surface area contributed by atoms with Crippen LogP contribution in [-0.4, -0.2) is 20.2 Å².